The molecule has 0 bridgehead atoms. The second-order valence-electron chi connectivity index (χ2n) is 16.0. The highest BCUT2D eigenvalue weighted by molar-refractivity contribution is 8.00. The zero-order chi connectivity index (χ0) is 38.9. The summed E-state index contributed by atoms with van der Waals surface area (Å²) in [4.78, 5) is 3.84. The van der Waals surface area contributed by atoms with Crippen LogP contribution in [0.25, 0.3) is 65.6 Å². The van der Waals surface area contributed by atoms with Crippen LogP contribution < -0.4 is 4.90 Å². The fraction of sp³-hybridized carbons (Fsp3) is 0.0714. The summed E-state index contributed by atoms with van der Waals surface area (Å²) in [5, 5.41) is 7.97. The number of fused-ring (bicyclic) bond motifs is 8. The van der Waals surface area contributed by atoms with Gasteiger partial charge in [0, 0.05) is 54.6 Å². The van der Waals surface area contributed by atoms with E-state index in [9.17, 15) is 0 Å². The highest BCUT2D eigenvalue weighted by Gasteiger charge is 2.32. The van der Waals surface area contributed by atoms with Gasteiger partial charge in [-0.3, -0.25) is 0 Å². The van der Waals surface area contributed by atoms with Gasteiger partial charge in [-0.25, -0.2) is 0 Å². The molecule has 0 saturated heterocycles. The molecule has 0 radical (unpaired) electrons. The van der Waals surface area contributed by atoms with E-state index in [1.54, 1.807) is 0 Å². The lowest BCUT2D eigenvalue weighted by atomic mass is 9.90. The Morgan fingerprint density at radius 1 is 0.492 bits per heavy atom. The van der Waals surface area contributed by atoms with Gasteiger partial charge >= 0.3 is 0 Å². The molecule has 9 aromatic rings. The quantitative estimate of drug-likeness (QED) is 0.166. The van der Waals surface area contributed by atoms with Crippen LogP contribution in [0.15, 0.2) is 217 Å². The van der Waals surface area contributed by atoms with Gasteiger partial charge in [0.25, 0.3) is 0 Å². The first-order valence-corrected chi connectivity index (χ1v) is 21.6. The Hall–Kier alpha value is -6.81. The van der Waals surface area contributed by atoms with Gasteiger partial charge in [-0.15, -0.1) is 11.8 Å². The molecule has 2 heterocycles. The number of allylic oxidation sites excluding steroid dienone is 7. The molecule has 2 aliphatic carbocycles. The van der Waals surface area contributed by atoms with E-state index in [1.165, 1.54) is 76.1 Å². The van der Waals surface area contributed by atoms with Crippen molar-refractivity contribution in [2.75, 3.05) is 4.90 Å². The van der Waals surface area contributed by atoms with E-state index >= 15 is 0 Å². The smallest absolute Gasteiger partial charge is 0.0560 e. The average molecular weight is 773 g/mol. The predicted octanol–water partition coefficient (Wildman–Crippen LogP) is 15.6. The van der Waals surface area contributed by atoms with Crippen LogP contribution in [0, 0.1) is 0 Å². The Balaban J connectivity index is 0.930. The number of thioether (sulfide) groups is 1. The molecule has 3 atom stereocenters. The van der Waals surface area contributed by atoms with E-state index in [0.717, 1.165) is 23.5 Å². The summed E-state index contributed by atoms with van der Waals surface area (Å²) in [6.45, 7) is 0. The van der Waals surface area contributed by atoms with Crippen molar-refractivity contribution >= 4 is 72.2 Å². The van der Waals surface area contributed by atoms with Crippen molar-refractivity contribution in [3.05, 3.63) is 218 Å². The van der Waals surface area contributed by atoms with Crippen LogP contribution in [0.2, 0.25) is 0 Å². The van der Waals surface area contributed by atoms with Crippen LogP contribution in [0.4, 0.5) is 17.1 Å². The molecule has 0 fully saturated rings. The molecule has 0 spiro atoms. The molecular formula is C56H40N2S. The van der Waals surface area contributed by atoms with Crippen molar-refractivity contribution in [3.8, 4) is 22.3 Å². The summed E-state index contributed by atoms with van der Waals surface area (Å²) in [6.07, 6.45) is 19.0. The number of aromatic nitrogens is 1. The number of hydrogen-bond donors (Lipinski definition) is 0. The molecule has 12 rings (SSSR count). The molecule has 59 heavy (non-hydrogen) atoms. The Labute approximate surface area is 348 Å². The molecule has 8 aromatic carbocycles. The second-order valence-corrected chi connectivity index (χ2v) is 17.2. The van der Waals surface area contributed by atoms with E-state index in [4.69, 9.17) is 0 Å². The highest BCUT2D eigenvalue weighted by Crippen LogP contribution is 2.52. The number of rotatable bonds is 6. The summed E-state index contributed by atoms with van der Waals surface area (Å²) in [7, 11) is 0. The van der Waals surface area contributed by atoms with Crippen LogP contribution in [-0.4, -0.2) is 9.82 Å². The van der Waals surface area contributed by atoms with E-state index in [2.05, 4.69) is 222 Å². The number of para-hydroxylation sites is 1. The average Bonchev–Trinajstić information content (AvgIpc) is 3.85. The molecule has 1 aromatic heterocycles. The zero-order valence-corrected chi connectivity index (χ0v) is 33.3. The molecule has 3 unspecified atom stereocenters. The summed E-state index contributed by atoms with van der Waals surface area (Å²) in [5.41, 5.74) is 12.5. The Morgan fingerprint density at radius 2 is 1.20 bits per heavy atom. The van der Waals surface area contributed by atoms with Crippen LogP contribution in [0.5, 0.6) is 0 Å². The standard InChI is InChI=1S/C56H40N2S/c1-2-14-43(15-3-1)58-53-21-8-6-17-48(53)51-36-42(29-33-54(51)58)39-24-25-41-35-45(32-28-40(41)34-39)57(52-22-10-13-37-12-4-5-16-46(37)52)44-30-26-38(27-31-44)47-19-11-20-50-49-18-7-9-23-55(49)59-56(47)50/h1-14,16-36,43,49,55H,15H2. The molecular weight excluding hydrogens is 733 g/mol. The van der Waals surface area contributed by atoms with Gasteiger partial charge in [0.05, 0.1) is 11.7 Å². The summed E-state index contributed by atoms with van der Waals surface area (Å²) >= 11 is 2.00. The largest absolute Gasteiger partial charge is 0.333 e. The van der Waals surface area contributed by atoms with Crippen molar-refractivity contribution in [1.29, 1.82) is 0 Å². The molecule has 0 amide bonds. The number of benzene rings is 8. The minimum atomic E-state index is 0.318. The number of hydrogen-bond acceptors (Lipinski definition) is 2. The fourth-order valence-electron chi connectivity index (χ4n) is 9.76. The first-order valence-electron chi connectivity index (χ1n) is 20.7. The minimum absolute atomic E-state index is 0.318. The molecule has 3 aliphatic rings. The topological polar surface area (TPSA) is 8.17 Å². The molecule has 0 N–H and O–H groups in total. The van der Waals surface area contributed by atoms with Crippen LogP contribution in [0.3, 0.4) is 0 Å². The highest BCUT2D eigenvalue weighted by atomic mass is 32.2. The van der Waals surface area contributed by atoms with Crippen LogP contribution in [-0.2, 0) is 0 Å². The maximum absolute atomic E-state index is 2.51. The van der Waals surface area contributed by atoms with E-state index in [0.29, 0.717) is 17.2 Å². The van der Waals surface area contributed by atoms with Gasteiger partial charge in [-0.1, -0.05) is 158 Å². The third kappa shape index (κ3) is 5.72. The zero-order valence-electron chi connectivity index (χ0n) is 32.4. The van der Waals surface area contributed by atoms with Gasteiger partial charge in [0.15, 0.2) is 0 Å². The number of nitrogens with zero attached hydrogens (tertiary/aromatic N) is 2. The Morgan fingerprint density at radius 3 is 2.12 bits per heavy atom. The normalized spacial score (nSPS) is 17.9. The maximum atomic E-state index is 2.51. The van der Waals surface area contributed by atoms with Crippen molar-refractivity contribution in [3.63, 3.8) is 0 Å². The maximum Gasteiger partial charge on any atom is 0.0560 e. The lowest BCUT2D eigenvalue weighted by Gasteiger charge is -2.27. The van der Waals surface area contributed by atoms with E-state index < -0.39 is 0 Å². The lowest BCUT2D eigenvalue weighted by molar-refractivity contribution is 0.648. The monoisotopic (exact) mass is 772 g/mol. The fourth-order valence-corrected chi connectivity index (χ4v) is 11.2. The van der Waals surface area contributed by atoms with Crippen LogP contribution in [0.1, 0.15) is 23.9 Å². The lowest BCUT2D eigenvalue weighted by Crippen LogP contribution is -2.10. The molecule has 0 saturated carbocycles. The van der Waals surface area contributed by atoms with E-state index in [-0.39, 0.29) is 0 Å². The third-order valence-electron chi connectivity index (χ3n) is 12.6. The predicted molar refractivity (Wildman–Crippen MR) is 253 cm³/mol. The minimum Gasteiger partial charge on any atom is -0.333 e. The molecule has 2 nitrogen and oxygen atoms in total. The molecule has 1 aliphatic heterocycles. The summed E-state index contributed by atoms with van der Waals surface area (Å²) in [5.74, 6) is 0.448. The van der Waals surface area contributed by atoms with Gasteiger partial charge in [0.1, 0.15) is 0 Å². The SMILES string of the molecule is C1=CCC(n2c3ccccc3c3cc(-c4ccc5cc(N(c6ccc(-c7cccc8c7SC7C=CC=CC87)cc6)c6cccc7ccccc67)ccc5c4)ccc32)C=C1. The van der Waals surface area contributed by atoms with Crippen molar-refractivity contribution in [2.45, 2.75) is 28.5 Å². The Kier molecular flexibility index (Phi) is 8.09. The molecule has 3 heteroatoms. The first kappa shape index (κ1) is 34.3. The van der Waals surface area contributed by atoms with Gasteiger partial charge in [0.2, 0.25) is 0 Å². The van der Waals surface area contributed by atoms with Gasteiger partial charge in [-0.2, -0.15) is 0 Å². The second kappa shape index (κ2) is 13.9. The van der Waals surface area contributed by atoms with Gasteiger partial charge in [-0.05, 0) is 105 Å². The molecule has 280 valence electrons. The van der Waals surface area contributed by atoms with E-state index in [1.807, 2.05) is 11.8 Å². The first-order chi connectivity index (χ1) is 29.2. The summed E-state index contributed by atoms with van der Waals surface area (Å²) in [6, 6.07) is 61.4. The Bertz CT molecular complexity index is 3250. The van der Waals surface area contributed by atoms with Crippen molar-refractivity contribution < 1.29 is 0 Å². The summed E-state index contributed by atoms with van der Waals surface area (Å²) < 4.78 is 2.51. The third-order valence-corrected chi connectivity index (χ3v) is 14.0. The number of anilines is 3. The van der Waals surface area contributed by atoms with Crippen molar-refractivity contribution in [1.82, 2.24) is 4.57 Å². The van der Waals surface area contributed by atoms with Crippen molar-refractivity contribution in [2.24, 2.45) is 0 Å². The van der Waals surface area contributed by atoms with Crippen LogP contribution >= 0.6 is 11.8 Å². The van der Waals surface area contributed by atoms with Gasteiger partial charge < -0.3 is 9.47 Å².